The summed E-state index contributed by atoms with van der Waals surface area (Å²) in [6.07, 6.45) is 0. The highest BCUT2D eigenvalue weighted by atomic mass is 16.3. The first kappa shape index (κ1) is 13.5. The Morgan fingerprint density at radius 2 is 1.91 bits per heavy atom. The molecule has 0 radical (unpaired) electrons. The third-order valence-electron chi connectivity index (χ3n) is 3.74. The Kier molecular flexibility index (Phi) is 3.08. The van der Waals surface area contributed by atoms with Crippen molar-refractivity contribution in [2.45, 2.75) is 13.0 Å². The summed E-state index contributed by atoms with van der Waals surface area (Å²) in [4.78, 5) is 15.8. The van der Waals surface area contributed by atoms with Gasteiger partial charge in [0, 0.05) is 11.1 Å². The number of fused-ring (bicyclic) bond motifs is 1. The van der Waals surface area contributed by atoms with Crippen LogP contribution in [0.1, 0.15) is 12.5 Å². The maximum absolute atomic E-state index is 11.3. The normalized spacial score (nSPS) is 17.5. The number of urea groups is 1. The second kappa shape index (κ2) is 5.24. The number of oxazole rings is 1. The SMILES string of the molecule is CC1NC(=O)NN=C1c1ccc2nc(-c3ccccc3)oc2c1. The van der Waals surface area contributed by atoms with Gasteiger partial charge < -0.3 is 9.73 Å². The summed E-state index contributed by atoms with van der Waals surface area (Å²) < 4.78 is 5.87. The van der Waals surface area contributed by atoms with Gasteiger partial charge in [0.15, 0.2) is 5.58 Å². The van der Waals surface area contributed by atoms with E-state index in [1.807, 2.05) is 55.5 Å². The molecule has 4 rings (SSSR count). The van der Waals surface area contributed by atoms with Gasteiger partial charge in [-0.3, -0.25) is 0 Å². The fourth-order valence-electron chi connectivity index (χ4n) is 2.61. The first-order chi connectivity index (χ1) is 11.2. The smallest absolute Gasteiger partial charge is 0.335 e. The Morgan fingerprint density at radius 3 is 2.70 bits per heavy atom. The minimum absolute atomic E-state index is 0.169. The van der Waals surface area contributed by atoms with E-state index >= 15 is 0 Å². The molecule has 1 aliphatic rings. The number of hydrogen-bond donors (Lipinski definition) is 2. The Labute approximate surface area is 132 Å². The van der Waals surface area contributed by atoms with Gasteiger partial charge in [0.2, 0.25) is 5.89 Å². The van der Waals surface area contributed by atoms with Crippen LogP contribution in [-0.4, -0.2) is 22.8 Å². The van der Waals surface area contributed by atoms with Gasteiger partial charge in [-0.05, 0) is 31.2 Å². The van der Waals surface area contributed by atoms with E-state index in [0.29, 0.717) is 11.5 Å². The molecule has 6 nitrogen and oxygen atoms in total. The molecule has 0 saturated carbocycles. The number of hydrogen-bond acceptors (Lipinski definition) is 4. The quantitative estimate of drug-likeness (QED) is 0.764. The highest BCUT2D eigenvalue weighted by Crippen LogP contribution is 2.25. The molecule has 1 aromatic heterocycles. The standard InChI is InChI=1S/C17H14N4O2/c1-10-15(20-21-17(22)18-10)12-7-8-13-14(9-12)23-16(19-13)11-5-3-2-4-6-11/h2-10H,1H3,(H2,18,21,22). The number of hydrazone groups is 1. The summed E-state index contributed by atoms with van der Waals surface area (Å²) in [5.41, 5.74) is 6.48. The predicted octanol–water partition coefficient (Wildman–Crippen LogP) is 2.90. The topological polar surface area (TPSA) is 79.5 Å². The van der Waals surface area contributed by atoms with Crippen LogP contribution in [0, 0.1) is 0 Å². The molecule has 2 N–H and O–H groups in total. The average Bonchev–Trinajstić information content (AvgIpc) is 2.99. The summed E-state index contributed by atoms with van der Waals surface area (Å²) in [5, 5.41) is 6.91. The molecule has 0 spiro atoms. The molecular weight excluding hydrogens is 292 g/mol. The monoisotopic (exact) mass is 306 g/mol. The zero-order valence-corrected chi connectivity index (χ0v) is 12.4. The van der Waals surface area contributed by atoms with Crippen LogP contribution < -0.4 is 10.7 Å². The van der Waals surface area contributed by atoms with Crippen LogP contribution in [0.3, 0.4) is 0 Å². The van der Waals surface area contributed by atoms with Gasteiger partial charge in [0.25, 0.3) is 0 Å². The molecule has 114 valence electrons. The average molecular weight is 306 g/mol. The lowest BCUT2D eigenvalue weighted by molar-refractivity contribution is 0.239. The van der Waals surface area contributed by atoms with E-state index in [1.54, 1.807) is 0 Å². The number of aromatic nitrogens is 1. The fourth-order valence-corrected chi connectivity index (χ4v) is 2.61. The van der Waals surface area contributed by atoms with Crippen molar-refractivity contribution in [2.24, 2.45) is 5.10 Å². The number of benzene rings is 2. The summed E-state index contributed by atoms with van der Waals surface area (Å²) in [7, 11) is 0. The molecule has 1 atom stereocenters. The highest BCUT2D eigenvalue weighted by molar-refractivity contribution is 6.08. The minimum atomic E-state index is -0.298. The Morgan fingerprint density at radius 1 is 1.09 bits per heavy atom. The lowest BCUT2D eigenvalue weighted by atomic mass is 10.0. The second-order valence-corrected chi connectivity index (χ2v) is 5.37. The van der Waals surface area contributed by atoms with Crippen molar-refractivity contribution in [1.29, 1.82) is 0 Å². The number of amides is 2. The van der Waals surface area contributed by atoms with Crippen molar-refractivity contribution in [3.05, 3.63) is 54.1 Å². The lowest BCUT2D eigenvalue weighted by Crippen LogP contribution is -2.48. The summed E-state index contributed by atoms with van der Waals surface area (Å²) >= 11 is 0. The van der Waals surface area contributed by atoms with Gasteiger partial charge in [0.05, 0.1) is 11.8 Å². The van der Waals surface area contributed by atoms with Gasteiger partial charge in [-0.1, -0.05) is 24.3 Å². The Hall–Kier alpha value is -3.15. The number of nitrogens with one attached hydrogen (secondary N) is 2. The van der Waals surface area contributed by atoms with E-state index < -0.39 is 0 Å². The van der Waals surface area contributed by atoms with Gasteiger partial charge in [0.1, 0.15) is 5.52 Å². The van der Waals surface area contributed by atoms with Crippen molar-refractivity contribution in [3.63, 3.8) is 0 Å². The van der Waals surface area contributed by atoms with E-state index in [1.165, 1.54) is 0 Å². The van der Waals surface area contributed by atoms with Gasteiger partial charge in [-0.25, -0.2) is 15.2 Å². The molecule has 0 saturated heterocycles. The van der Waals surface area contributed by atoms with E-state index in [4.69, 9.17) is 4.42 Å². The molecule has 0 aliphatic carbocycles. The van der Waals surface area contributed by atoms with E-state index in [9.17, 15) is 4.79 Å². The van der Waals surface area contributed by atoms with Crippen molar-refractivity contribution in [2.75, 3.05) is 0 Å². The van der Waals surface area contributed by atoms with Crippen LogP contribution in [0.5, 0.6) is 0 Å². The van der Waals surface area contributed by atoms with Crippen molar-refractivity contribution < 1.29 is 9.21 Å². The van der Waals surface area contributed by atoms with Crippen molar-refractivity contribution >= 4 is 22.8 Å². The number of nitrogens with zero attached hydrogens (tertiary/aromatic N) is 2. The summed E-state index contributed by atoms with van der Waals surface area (Å²) in [6, 6.07) is 15.0. The van der Waals surface area contributed by atoms with E-state index in [-0.39, 0.29) is 12.1 Å². The maximum Gasteiger partial charge on any atom is 0.335 e. The van der Waals surface area contributed by atoms with Crippen LogP contribution in [0.2, 0.25) is 0 Å². The first-order valence-electron chi connectivity index (χ1n) is 7.31. The van der Waals surface area contributed by atoms with Crippen molar-refractivity contribution in [3.8, 4) is 11.5 Å². The fraction of sp³-hybridized carbons (Fsp3) is 0.118. The van der Waals surface area contributed by atoms with E-state index in [0.717, 1.165) is 22.4 Å². The molecular formula is C17H14N4O2. The van der Waals surface area contributed by atoms with Crippen LogP contribution in [0.25, 0.3) is 22.6 Å². The Bertz CT molecular complexity index is 915. The molecule has 0 fully saturated rings. The first-order valence-corrected chi connectivity index (χ1v) is 7.31. The predicted molar refractivity (Wildman–Crippen MR) is 87.1 cm³/mol. The van der Waals surface area contributed by atoms with Crippen LogP contribution in [0.15, 0.2) is 58.0 Å². The number of carbonyl (C=O) groups is 1. The number of rotatable bonds is 2. The zero-order chi connectivity index (χ0) is 15.8. The second-order valence-electron chi connectivity index (χ2n) is 5.37. The van der Waals surface area contributed by atoms with Crippen molar-refractivity contribution in [1.82, 2.24) is 15.7 Å². The lowest BCUT2D eigenvalue weighted by Gasteiger charge is -2.20. The van der Waals surface area contributed by atoms with Crippen LogP contribution in [0.4, 0.5) is 4.79 Å². The number of carbonyl (C=O) groups excluding carboxylic acids is 1. The summed E-state index contributed by atoms with van der Waals surface area (Å²) in [6.45, 7) is 1.89. The molecule has 1 unspecified atom stereocenters. The van der Waals surface area contributed by atoms with Gasteiger partial charge >= 0.3 is 6.03 Å². The van der Waals surface area contributed by atoms with E-state index in [2.05, 4.69) is 20.8 Å². The van der Waals surface area contributed by atoms with Crippen LogP contribution >= 0.6 is 0 Å². The molecule has 0 bridgehead atoms. The largest absolute Gasteiger partial charge is 0.436 e. The highest BCUT2D eigenvalue weighted by Gasteiger charge is 2.21. The molecule has 6 heteroatoms. The molecule has 2 aromatic carbocycles. The molecule has 23 heavy (non-hydrogen) atoms. The Balaban J connectivity index is 1.75. The zero-order valence-electron chi connectivity index (χ0n) is 12.4. The molecule has 2 amide bonds. The third kappa shape index (κ3) is 2.44. The van der Waals surface area contributed by atoms with Gasteiger partial charge in [-0.2, -0.15) is 5.10 Å². The maximum atomic E-state index is 11.3. The summed E-state index contributed by atoms with van der Waals surface area (Å²) in [5.74, 6) is 0.586. The molecule has 3 aromatic rings. The molecule has 2 heterocycles. The minimum Gasteiger partial charge on any atom is -0.436 e. The van der Waals surface area contributed by atoms with Crippen LogP contribution in [-0.2, 0) is 0 Å². The van der Waals surface area contributed by atoms with Gasteiger partial charge in [-0.15, -0.1) is 0 Å². The molecule has 1 aliphatic heterocycles. The third-order valence-corrected chi connectivity index (χ3v) is 3.74.